The summed E-state index contributed by atoms with van der Waals surface area (Å²) in [5, 5.41) is 6.05. The number of likely N-dealkylation sites (tertiary alicyclic amines) is 1. The largest absolute Gasteiger partial charge is 0.366 e. The maximum Gasteiger partial charge on any atom is 0.248 e. The lowest BCUT2D eigenvalue weighted by atomic mass is 10.1. The van der Waals surface area contributed by atoms with Gasteiger partial charge in [-0.05, 0) is 42.8 Å². The smallest absolute Gasteiger partial charge is 0.248 e. The van der Waals surface area contributed by atoms with E-state index >= 15 is 0 Å². The molecule has 11 nitrogen and oxygen atoms in total. The van der Waals surface area contributed by atoms with E-state index in [-0.39, 0.29) is 11.8 Å². The van der Waals surface area contributed by atoms with Crippen LogP contribution in [0.3, 0.4) is 0 Å². The number of aromatic nitrogens is 4. The van der Waals surface area contributed by atoms with Crippen molar-refractivity contribution in [1.29, 1.82) is 0 Å². The molecular weight excluding hydrogens is 472 g/mol. The minimum Gasteiger partial charge on any atom is -0.366 e. The van der Waals surface area contributed by atoms with Crippen molar-refractivity contribution in [2.75, 3.05) is 23.7 Å². The van der Waals surface area contributed by atoms with Crippen molar-refractivity contribution in [3.63, 3.8) is 0 Å². The lowest BCUT2D eigenvalue weighted by molar-refractivity contribution is -0.127. The Labute approximate surface area is 212 Å². The molecule has 0 aliphatic carbocycles. The molecule has 4 N–H and O–H groups in total. The summed E-state index contributed by atoms with van der Waals surface area (Å²) in [5.74, 6) is 0.454. The highest BCUT2D eigenvalue weighted by Gasteiger charge is 2.21. The lowest BCUT2D eigenvalue weighted by Gasteiger charge is -2.16. The number of amides is 3. The van der Waals surface area contributed by atoms with Gasteiger partial charge in [-0.25, -0.2) is 15.0 Å². The molecule has 0 atom stereocenters. The van der Waals surface area contributed by atoms with Gasteiger partial charge >= 0.3 is 0 Å². The Balaban J connectivity index is 1.50. The van der Waals surface area contributed by atoms with Gasteiger partial charge in [0.25, 0.3) is 0 Å². The SMILES string of the molecule is CC(=O)Nc1ccc(Nc2nc(-c3ccc(C(N)=O)cc3)nc3c2ncn3CCN2CCCC2=O)cc1. The average Bonchev–Trinajstić information content (AvgIpc) is 3.49. The highest BCUT2D eigenvalue weighted by molar-refractivity contribution is 5.93. The number of nitrogens with zero attached hydrogens (tertiary/aromatic N) is 5. The predicted octanol–water partition coefficient (Wildman–Crippen LogP) is 2.92. The van der Waals surface area contributed by atoms with Crippen LogP contribution in [-0.2, 0) is 16.1 Å². The number of nitrogens with two attached hydrogens (primary N) is 1. The van der Waals surface area contributed by atoms with Gasteiger partial charge < -0.3 is 25.8 Å². The molecule has 5 rings (SSSR count). The second-order valence-corrected chi connectivity index (χ2v) is 8.82. The molecule has 188 valence electrons. The number of anilines is 3. The molecule has 2 aromatic heterocycles. The first-order valence-electron chi connectivity index (χ1n) is 11.9. The molecular formula is C26H26N8O3. The molecule has 37 heavy (non-hydrogen) atoms. The zero-order chi connectivity index (χ0) is 25.9. The van der Waals surface area contributed by atoms with Crippen molar-refractivity contribution in [1.82, 2.24) is 24.4 Å². The predicted molar refractivity (Wildman–Crippen MR) is 139 cm³/mol. The van der Waals surface area contributed by atoms with Crippen LogP contribution in [0.15, 0.2) is 54.9 Å². The molecule has 0 bridgehead atoms. The fourth-order valence-electron chi connectivity index (χ4n) is 4.25. The van der Waals surface area contributed by atoms with Crippen LogP contribution in [0.1, 0.15) is 30.1 Å². The van der Waals surface area contributed by atoms with Gasteiger partial charge in [-0.1, -0.05) is 12.1 Å². The maximum atomic E-state index is 12.1. The number of rotatable bonds is 8. The first kappa shape index (κ1) is 23.9. The number of carbonyl (C=O) groups is 3. The summed E-state index contributed by atoms with van der Waals surface area (Å²) in [7, 11) is 0. The van der Waals surface area contributed by atoms with Gasteiger partial charge in [0.15, 0.2) is 22.8 Å². The van der Waals surface area contributed by atoms with Gasteiger partial charge in [0.1, 0.15) is 0 Å². The van der Waals surface area contributed by atoms with Crippen LogP contribution in [0.4, 0.5) is 17.2 Å². The number of fused-ring (bicyclic) bond motifs is 1. The molecule has 0 unspecified atom stereocenters. The second-order valence-electron chi connectivity index (χ2n) is 8.82. The summed E-state index contributed by atoms with van der Waals surface area (Å²) < 4.78 is 1.91. The minimum absolute atomic E-state index is 0.147. The van der Waals surface area contributed by atoms with E-state index in [1.807, 2.05) is 21.6 Å². The van der Waals surface area contributed by atoms with E-state index in [0.717, 1.165) is 18.7 Å². The van der Waals surface area contributed by atoms with Gasteiger partial charge in [-0.2, -0.15) is 0 Å². The third-order valence-electron chi connectivity index (χ3n) is 6.14. The van der Waals surface area contributed by atoms with Crippen molar-refractivity contribution >= 4 is 46.1 Å². The van der Waals surface area contributed by atoms with E-state index in [9.17, 15) is 14.4 Å². The molecule has 1 aliphatic rings. The summed E-state index contributed by atoms with van der Waals surface area (Å²) in [6.45, 7) is 3.34. The molecule has 0 spiro atoms. The molecule has 1 saturated heterocycles. The third-order valence-corrected chi connectivity index (χ3v) is 6.14. The van der Waals surface area contributed by atoms with Crippen LogP contribution in [0.5, 0.6) is 0 Å². The highest BCUT2D eigenvalue weighted by Crippen LogP contribution is 2.27. The Morgan fingerprint density at radius 3 is 2.38 bits per heavy atom. The summed E-state index contributed by atoms with van der Waals surface area (Å²) in [6, 6.07) is 14.0. The Morgan fingerprint density at radius 1 is 1.00 bits per heavy atom. The van der Waals surface area contributed by atoms with E-state index in [0.29, 0.717) is 59.1 Å². The Kier molecular flexibility index (Phi) is 6.50. The van der Waals surface area contributed by atoms with Crippen LogP contribution < -0.4 is 16.4 Å². The fourth-order valence-corrected chi connectivity index (χ4v) is 4.25. The van der Waals surface area contributed by atoms with E-state index in [2.05, 4.69) is 15.6 Å². The molecule has 4 aromatic rings. The van der Waals surface area contributed by atoms with Crippen LogP contribution in [0, 0.1) is 0 Å². The van der Waals surface area contributed by atoms with E-state index in [1.54, 1.807) is 42.7 Å². The summed E-state index contributed by atoms with van der Waals surface area (Å²) >= 11 is 0. The third kappa shape index (κ3) is 5.25. The van der Waals surface area contributed by atoms with Crippen LogP contribution in [-0.4, -0.2) is 55.2 Å². The van der Waals surface area contributed by atoms with Crippen LogP contribution in [0.2, 0.25) is 0 Å². The van der Waals surface area contributed by atoms with Gasteiger partial charge in [-0.15, -0.1) is 0 Å². The van der Waals surface area contributed by atoms with Crippen molar-refractivity contribution in [3.05, 3.63) is 60.4 Å². The van der Waals surface area contributed by atoms with Crippen molar-refractivity contribution in [2.45, 2.75) is 26.3 Å². The first-order chi connectivity index (χ1) is 17.9. The maximum absolute atomic E-state index is 12.1. The second kappa shape index (κ2) is 10.1. The number of hydrogen-bond donors (Lipinski definition) is 3. The van der Waals surface area contributed by atoms with Crippen molar-refractivity contribution < 1.29 is 14.4 Å². The van der Waals surface area contributed by atoms with E-state index in [4.69, 9.17) is 15.7 Å². The quantitative estimate of drug-likeness (QED) is 0.338. The molecule has 3 heterocycles. The molecule has 11 heteroatoms. The number of benzene rings is 2. The number of hydrogen-bond acceptors (Lipinski definition) is 7. The van der Waals surface area contributed by atoms with Gasteiger partial charge in [0.2, 0.25) is 17.7 Å². The summed E-state index contributed by atoms with van der Waals surface area (Å²) in [5.41, 5.74) is 9.11. The molecule has 0 saturated carbocycles. The minimum atomic E-state index is -0.512. The van der Waals surface area contributed by atoms with Crippen molar-refractivity contribution in [3.8, 4) is 11.4 Å². The normalized spacial score (nSPS) is 13.2. The molecule has 2 aromatic carbocycles. The topological polar surface area (TPSA) is 148 Å². The van der Waals surface area contributed by atoms with Crippen LogP contribution >= 0.6 is 0 Å². The van der Waals surface area contributed by atoms with E-state index in [1.165, 1.54) is 6.92 Å². The molecule has 1 aliphatic heterocycles. The zero-order valence-corrected chi connectivity index (χ0v) is 20.3. The zero-order valence-electron chi connectivity index (χ0n) is 20.3. The number of carbonyl (C=O) groups excluding carboxylic acids is 3. The Bertz CT molecular complexity index is 1480. The highest BCUT2D eigenvalue weighted by atomic mass is 16.2. The van der Waals surface area contributed by atoms with Crippen molar-refractivity contribution in [2.24, 2.45) is 5.73 Å². The molecule has 0 radical (unpaired) electrons. The Morgan fingerprint density at radius 2 is 1.73 bits per heavy atom. The number of nitrogens with one attached hydrogen (secondary N) is 2. The van der Waals surface area contributed by atoms with E-state index < -0.39 is 5.91 Å². The molecule has 3 amide bonds. The Hall–Kier alpha value is -4.80. The van der Waals surface area contributed by atoms with Gasteiger partial charge in [-0.3, -0.25) is 14.4 Å². The van der Waals surface area contributed by atoms with Gasteiger partial charge in [0.05, 0.1) is 6.33 Å². The monoisotopic (exact) mass is 498 g/mol. The summed E-state index contributed by atoms with van der Waals surface area (Å²) in [6.07, 6.45) is 3.17. The standard InChI is InChI=1S/C26H26N8O3/c1-16(35)29-19-8-10-20(11-9-19)30-25-22-26(34(15-28-22)14-13-33-12-2-3-21(33)36)32-24(31-25)18-6-4-17(5-7-18)23(27)37/h4-11,15H,2-3,12-14H2,1H3,(H2,27,37)(H,29,35)(H,30,31,32). The molecule has 1 fully saturated rings. The summed E-state index contributed by atoms with van der Waals surface area (Å²) in [4.78, 5) is 50.8. The first-order valence-corrected chi connectivity index (χ1v) is 11.9. The average molecular weight is 499 g/mol. The van der Waals surface area contributed by atoms with Crippen LogP contribution in [0.25, 0.3) is 22.6 Å². The number of primary amides is 1. The fraction of sp³-hybridized carbons (Fsp3) is 0.231. The lowest BCUT2D eigenvalue weighted by Crippen LogP contribution is -2.28. The number of imidazole rings is 1. The van der Waals surface area contributed by atoms with Gasteiger partial charge in [0, 0.05) is 55.5 Å².